The molecule has 0 aliphatic rings. The molecule has 12 heteroatoms. The maximum Gasteiger partial charge on any atom is 0.334 e. The lowest BCUT2D eigenvalue weighted by Gasteiger charge is -2.11. The number of carbonyl (C=O) groups is 6. The summed E-state index contributed by atoms with van der Waals surface area (Å²) in [7, 11) is 0. The summed E-state index contributed by atoms with van der Waals surface area (Å²) in [6.45, 7) is 6.85. The molecule has 0 bridgehead atoms. The molecule has 5 N–H and O–H groups in total. The molecule has 0 saturated carbocycles. The summed E-state index contributed by atoms with van der Waals surface area (Å²) < 4.78 is 5.06. The van der Waals surface area contributed by atoms with E-state index in [2.05, 4.69) is 21.3 Å². The van der Waals surface area contributed by atoms with E-state index in [0.717, 1.165) is 6.08 Å². The van der Waals surface area contributed by atoms with Crippen molar-refractivity contribution in [2.75, 3.05) is 32.8 Å². The lowest BCUT2D eigenvalue weighted by atomic mass is 10.1. The summed E-state index contributed by atoms with van der Waals surface area (Å²) in [4.78, 5) is 69.3. The van der Waals surface area contributed by atoms with E-state index in [4.69, 9.17) is 9.84 Å². The third-order valence-corrected chi connectivity index (χ3v) is 4.28. The van der Waals surface area contributed by atoms with Crippen LogP contribution in [0.25, 0.3) is 0 Å². The maximum atomic E-state index is 12.2. The molecule has 0 aromatic carbocycles. The molecule has 0 heterocycles. The molecule has 0 rings (SSSR count). The summed E-state index contributed by atoms with van der Waals surface area (Å²) in [6.07, 6.45) is 1.41. The van der Waals surface area contributed by atoms with Crippen LogP contribution < -0.4 is 21.3 Å². The van der Waals surface area contributed by atoms with E-state index in [-0.39, 0.29) is 80.8 Å². The first-order valence-electron chi connectivity index (χ1n) is 11.1. The van der Waals surface area contributed by atoms with Crippen LogP contribution in [0.1, 0.15) is 47.0 Å². The molecule has 0 aliphatic heterocycles. The van der Waals surface area contributed by atoms with Gasteiger partial charge < -0.3 is 31.1 Å². The van der Waals surface area contributed by atoms with E-state index in [9.17, 15) is 28.8 Å². The fourth-order valence-corrected chi connectivity index (χ4v) is 2.31. The zero-order chi connectivity index (χ0) is 26.1. The van der Waals surface area contributed by atoms with Crippen LogP contribution in [0, 0.1) is 11.8 Å². The van der Waals surface area contributed by atoms with Crippen LogP contribution in [0.4, 0.5) is 0 Å². The summed E-state index contributed by atoms with van der Waals surface area (Å²) in [5, 5.41) is 19.1. The molecule has 192 valence electrons. The van der Waals surface area contributed by atoms with E-state index in [1.807, 2.05) is 0 Å². The summed E-state index contributed by atoms with van der Waals surface area (Å²) in [5.74, 6) is -3.83. The Labute approximate surface area is 199 Å². The Bertz CT molecular complexity index is 762. The monoisotopic (exact) mass is 484 g/mol. The van der Waals surface area contributed by atoms with Gasteiger partial charge in [-0.25, -0.2) is 9.59 Å². The largest absolute Gasteiger partial charge is 0.478 e. The molecule has 34 heavy (non-hydrogen) atoms. The molecule has 0 spiro atoms. The van der Waals surface area contributed by atoms with Crippen LogP contribution in [-0.2, 0) is 33.5 Å². The van der Waals surface area contributed by atoms with Gasteiger partial charge >= 0.3 is 11.9 Å². The van der Waals surface area contributed by atoms with Gasteiger partial charge in [0.2, 0.25) is 23.6 Å². The fourth-order valence-electron chi connectivity index (χ4n) is 2.31. The molecule has 0 aromatic heterocycles. The van der Waals surface area contributed by atoms with E-state index < -0.39 is 17.8 Å². The lowest BCUT2D eigenvalue weighted by molar-refractivity contribution is -0.140. The van der Waals surface area contributed by atoms with E-state index in [0.29, 0.717) is 6.42 Å². The van der Waals surface area contributed by atoms with E-state index >= 15 is 0 Å². The maximum absolute atomic E-state index is 12.2. The highest BCUT2D eigenvalue weighted by Gasteiger charge is 2.14. The number of carboxylic acids is 1. The van der Waals surface area contributed by atoms with Crippen molar-refractivity contribution in [3.8, 4) is 0 Å². The number of hydrogen-bond donors (Lipinski definition) is 5. The van der Waals surface area contributed by atoms with Gasteiger partial charge in [-0.2, -0.15) is 0 Å². The number of nitrogens with one attached hydrogen (secondary N) is 4. The van der Waals surface area contributed by atoms with Crippen LogP contribution in [0.3, 0.4) is 0 Å². The van der Waals surface area contributed by atoms with Crippen LogP contribution in [0.2, 0.25) is 0 Å². The minimum Gasteiger partial charge on any atom is -0.478 e. The zero-order valence-corrected chi connectivity index (χ0v) is 20.2. The number of carboxylic acid groups (broad SMARTS) is 1. The van der Waals surface area contributed by atoms with Crippen molar-refractivity contribution < 1.29 is 38.6 Å². The minimum atomic E-state index is -1.30. The Kier molecular flexibility index (Phi) is 15.4. The molecule has 0 atom stereocenters. The van der Waals surface area contributed by atoms with Crippen molar-refractivity contribution in [2.45, 2.75) is 47.0 Å². The SMILES string of the molecule is CC(C)C(=O)NCC(=O)NCCCOC(=O)C(=CC(=O)O)CCCNC(=O)CNC(=O)C(C)C. The molecule has 0 unspecified atom stereocenters. The first-order chi connectivity index (χ1) is 15.9. The number of ether oxygens (including phenoxy) is 1. The van der Waals surface area contributed by atoms with Crippen molar-refractivity contribution in [3.63, 3.8) is 0 Å². The van der Waals surface area contributed by atoms with Crippen molar-refractivity contribution in [1.82, 2.24) is 21.3 Å². The highest BCUT2D eigenvalue weighted by Crippen LogP contribution is 2.08. The average molecular weight is 485 g/mol. The molecular formula is C22H36N4O8. The molecule has 0 aromatic rings. The van der Waals surface area contributed by atoms with Gasteiger partial charge in [0.25, 0.3) is 0 Å². The highest BCUT2D eigenvalue weighted by molar-refractivity contribution is 5.95. The van der Waals surface area contributed by atoms with Crippen LogP contribution in [0.15, 0.2) is 11.6 Å². The quantitative estimate of drug-likeness (QED) is 0.110. The van der Waals surface area contributed by atoms with Gasteiger partial charge in [-0.3, -0.25) is 19.2 Å². The van der Waals surface area contributed by atoms with Gasteiger partial charge in [-0.15, -0.1) is 0 Å². The number of aliphatic carboxylic acids is 1. The minimum absolute atomic E-state index is 0.0410. The first-order valence-corrected chi connectivity index (χ1v) is 11.1. The second kappa shape index (κ2) is 17.1. The molecular weight excluding hydrogens is 448 g/mol. The van der Waals surface area contributed by atoms with Crippen molar-refractivity contribution in [2.24, 2.45) is 11.8 Å². The van der Waals surface area contributed by atoms with E-state index in [1.165, 1.54) is 0 Å². The van der Waals surface area contributed by atoms with Crippen molar-refractivity contribution in [3.05, 3.63) is 11.6 Å². The number of esters is 1. The first kappa shape index (κ1) is 30.6. The predicted molar refractivity (Wildman–Crippen MR) is 122 cm³/mol. The standard InChI is InChI=1S/C22H36N4O8/c1-14(2)20(31)25-12-17(27)23-8-5-7-16(11-19(29)30)22(33)34-10-6-9-24-18(28)13-26-21(32)15(3)4/h11,14-15H,5-10,12-13H2,1-4H3,(H,23,27)(H,24,28)(H,25,31)(H,26,32)(H,29,30). The Morgan fingerprint density at radius 1 is 0.765 bits per heavy atom. The highest BCUT2D eigenvalue weighted by atomic mass is 16.5. The smallest absolute Gasteiger partial charge is 0.334 e. The Balaban J connectivity index is 4.23. The van der Waals surface area contributed by atoms with Gasteiger partial charge in [0.05, 0.1) is 19.7 Å². The third kappa shape index (κ3) is 15.4. The number of rotatable bonds is 16. The van der Waals surface area contributed by atoms with Gasteiger partial charge in [0.1, 0.15) is 0 Å². The summed E-state index contributed by atoms with van der Waals surface area (Å²) in [6, 6.07) is 0. The second-order valence-corrected chi connectivity index (χ2v) is 8.05. The Morgan fingerprint density at radius 2 is 1.24 bits per heavy atom. The molecule has 4 amide bonds. The van der Waals surface area contributed by atoms with Crippen molar-refractivity contribution >= 4 is 35.6 Å². The van der Waals surface area contributed by atoms with Gasteiger partial charge in [0.15, 0.2) is 0 Å². The van der Waals surface area contributed by atoms with Crippen LogP contribution >= 0.6 is 0 Å². The van der Waals surface area contributed by atoms with Gasteiger partial charge in [-0.1, -0.05) is 27.7 Å². The Hall–Kier alpha value is -3.44. The number of carbonyl (C=O) groups excluding carboxylic acids is 5. The number of hydrogen-bond acceptors (Lipinski definition) is 7. The number of amides is 4. The van der Waals surface area contributed by atoms with Gasteiger partial charge in [0, 0.05) is 36.6 Å². The lowest BCUT2D eigenvalue weighted by Crippen LogP contribution is -2.39. The normalized spacial score (nSPS) is 11.1. The van der Waals surface area contributed by atoms with Crippen LogP contribution in [-0.4, -0.2) is 73.5 Å². The molecule has 0 saturated heterocycles. The van der Waals surface area contributed by atoms with Crippen molar-refractivity contribution in [1.29, 1.82) is 0 Å². The topological polar surface area (TPSA) is 180 Å². The Morgan fingerprint density at radius 3 is 1.68 bits per heavy atom. The predicted octanol–water partition coefficient (Wildman–Crippen LogP) is -0.512. The average Bonchev–Trinajstić information content (AvgIpc) is 2.76. The van der Waals surface area contributed by atoms with Gasteiger partial charge in [-0.05, 0) is 19.3 Å². The summed E-state index contributed by atoms with van der Waals surface area (Å²) in [5.41, 5.74) is -0.0599. The third-order valence-electron chi connectivity index (χ3n) is 4.28. The fraction of sp³-hybridized carbons (Fsp3) is 0.636. The molecule has 12 nitrogen and oxygen atoms in total. The second-order valence-electron chi connectivity index (χ2n) is 8.05. The zero-order valence-electron chi connectivity index (χ0n) is 20.2. The van der Waals surface area contributed by atoms with E-state index in [1.54, 1.807) is 27.7 Å². The molecule has 0 fully saturated rings. The van der Waals surface area contributed by atoms with Crippen LogP contribution in [0.5, 0.6) is 0 Å². The molecule has 0 radical (unpaired) electrons. The molecule has 0 aliphatic carbocycles. The summed E-state index contributed by atoms with van der Waals surface area (Å²) >= 11 is 0.